The largest absolute Gasteiger partial charge is 0.453 e. The topological polar surface area (TPSA) is 47.4 Å². The number of rotatable bonds is 1. The lowest BCUT2D eigenvalue weighted by molar-refractivity contribution is 0.122. The molecule has 1 amide bonds. The lowest BCUT2D eigenvalue weighted by atomic mass is 10.3. The molecule has 1 aromatic rings. The second-order valence-corrected chi connectivity index (χ2v) is 3.26. The van der Waals surface area contributed by atoms with E-state index in [1.54, 1.807) is 4.90 Å². The molecule has 0 bridgehead atoms. The molecule has 76 valence electrons. The maximum Gasteiger partial charge on any atom is 0.410 e. The van der Waals surface area contributed by atoms with Crippen LogP contribution >= 0.6 is 0 Å². The Bertz CT molecular complexity index is 359. The highest BCUT2D eigenvalue weighted by Gasteiger charge is 2.26. The first-order valence-electron chi connectivity index (χ1n) is 4.62. The molecule has 1 aromatic heterocycles. The molecule has 5 nitrogen and oxygen atoms in total. The van der Waals surface area contributed by atoms with E-state index in [0.29, 0.717) is 13.1 Å². The number of hydrogen-bond acceptors (Lipinski definition) is 3. The second kappa shape index (κ2) is 3.32. The zero-order chi connectivity index (χ0) is 10.1. The van der Waals surface area contributed by atoms with Gasteiger partial charge in [-0.05, 0) is 6.92 Å². The monoisotopic (exact) mass is 195 g/mol. The molecule has 0 atom stereocenters. The third-order valence-electron chi connectivity index (χ3n) is 2.47. The summed E-state index contributed by atoms with van der Waals surface area (Å²) in [5.41, 5.74) is 2.25. The van der Waals surface area contributed by atoms with Crippen LogP contribution in [0.5, 0.6) is 0 Å². The van der Waals surface area contributed by atoms with Crippen LogP contribution in [0.3, 0.4) is 0 Å². The number of nitrogens with zero attached hydrogens (tertiary/aromatic N) is 3. The average Bonchev–Trinajstić information content (AvgIpc) is 2.74. The molecule has 2 rings (SSSR count). The summed E-state index contributed by atoms with van der Waals surface area (Å²) in [5.74, 6) is 0. The average molecular weight is 195 g/mol. The van der Waals surface area contributed by atoms with Crippen LogP contribution in [0.1, 0.15) is 18.2 Å². The van der Waals surface area contributed by atoms with Crippen molar-refractivity contribution in [3.8, 4) is 0 Å². The summed E-state index contributed by atoms with van der Waals surface area (Å²) >= 11 is 0. The van der Waals surface area contributed by atoms with Crippen molar-refractivity contribution in [1.29, 1.82) is 0 Å². The van der Waals surface area contributed by atoms with Gasteiger partial charge in [0, 0.05) is 12.1 Å². The Labute approximate surface area is 82.3 Å². The van der Waals surface area contributed by atoms with Crippen molar-refractivity contribution in [2.24, 2.45) is 0 Å². The Hall–Kier alpha value is -1.52. The molecule has 0 spiro atoms. The predicted molar refractivity (Wildman–Crippen MR) is 49.6 cm³/mol. The SMILES string of the molecule is CCn1ncc2c1CN(C(=O)OC)C2. The van der Waals surface area contributed by atoms with Crippen LogP contribution < -0.4 is 0 Å². The van der Waals surface area contributed by atoms with E-state index >= 15 is 0 Å². The van der Waals surface area contributed by atoms with Gasteiger partial charge in [0.2, 0.25) is 0 Å². The van der Waals surface area contributed by atoms with Crippen LogP contribution in [0.2, 0.25) is 0 Å². The molecule has 0 fully saturated rings. The highest BCUT2D eigenvalue weighted by molar-refractivity contribution is 5.68. The Morgan fingerprint density at radius 1 is 1.64 bits per heavy atom. The van der Waals surface area contributed by atoms with Gasteiger partial charge < -0.3 is 4.74 Å². The lowest BCUT2D eigenvalue weighted by Crippen LogP contribution is -2.25. The first kappa shape index (κ1) is 9.05. The molecule has 0 radical (unpaired) electrons. The summed E-state index contributed by atoms with van der Waals surface area (Å²) in [6, 6.07) is 0. The first-order chi connectivity index (χ1) is 6.76. The standard InChI is InChI=1S/C9H13N3O2/c1-3-12-8-6-11(9(13)14-2)5-7(8)4-10-12/h4H,3,5-6H2,1-2H3. The number of ether oxygens (including phenoxy) is 1. The highest BCUT2D eigenvalue weighted by atomic mass is 16.5. The fourth-order valence-corrected chi connectivity index (χ4v) is 1.74. The van der Waals surface area contributed by atoms with E-state index in [2.05, 4.69) is 9.84 Å². The van der Waals surface area contributed by atoms with Crippen molar-refractivity contribution in [1.82, 2.24) is 14.7 Å². The van der Waals surface area contributed by atoms with Crippen LogP contribution in [0.4, 0.5) is 4.79 Å². The zero-order valence-corrected chi connectivity index (χ0v) is 8.36. The van der Waals surface area contributed by atoms with Crippen LogP contribution in [0, 0.1) is 0 Å². The van der Waals surface area contributed by atoms with Gasteiger partial charge in [-0.1, -0.05) is 0 Å². The van der Waals surface area contributed by atoms with E-state index in [9.17, 15) is 4.79 Å². The van der Waals surface area contributed by atoms with Gasteiger partial charge >= 0.3 is 6.09 Å². The number of hydrogen-bond donors (Lipinski definition) is 0. The van der Waals surface area contributed by atoms with E-state index in [1.165, 1.54) is 7.11 Å². The van der Waals surface area contributed by atoms with Gasteiger partial charge in [0.05, 0.1) is 32.1 Å². The minimum Gasteiger partial charge on any atom is -0.453 e. The number of fused-ring (bicyclic) bond motifs is 1. The van der Waals surface area contributed by atoms with E-state index in [0.717, 1.165) is 17.8 Å². The normalized spacial score (nSPS) is 14.3. The molecule has 0 aliphatic carbocycles. The summed E-state index contributed by atoms with van der Waals surface area (Å²) in [6.45, 7) is 4.09. The number of aryl methyl sites for hydroxylation is 1. The van der Waals surface area contributed by atoms with Crippen LogP contribution in [0.15, 0.2) is 6.20 Å². The van der Waals surface area contributed by atoms with Crippen LogP contribution in [0.25, 0.3) is 0 Å². The number of carbonyl (C=O) groups is 1. The maximum absolute atomic E-state index is 11.3. The highest BCUT2D eigenvalue weighted by Crippen LogP contribution is 2.22. The van der Waals surface area contributed by atoms with E-state index in [-0.39, 0.29) is 6.09 Å². The molecule has 2 heterocycles. The summed E-state index contributed by atoms with van der Waals surface area (Å²) in [5, 5.41) is 4.21. The quantitative estimate of drug-likeness (QED) is 0.671. The molecule has 1 aliphatic heterocycles. The number of methoxy groups -OCH3 is 1. The van der Waals surface area contributed by atoms with Crippen molar-refractivity contribution in [2.75, 3.05) is 7.11 Å². The van der Waals surface area contributed by atoms with E-state index < -0.39 is 0 Å². The summed E-state index contributed by atoms with van der Waals surface area (Å²) < 4.78 is 6.58. The maximum atomic E-state index is 11.3. The van der Waals surface area contributed by atoms with Gasteiger partial charge in [0.1, 0.15) is 0 Å². The van der Waals surface area contributed by atoms with Gasteiger partial charge in [-0.2, -0.15) is 5.10 Å². The second-order valence-electron chi connectivity index (χ2n) is 3.26. The molecule has 0 aromatic carbocycles. The molecular weight excluding hydrogens is 182 g/mol. The van der Waals surface area contributed by atoms with Crippen molar-refractivity contribution >= 4 is 6.09 Å². The van der Waals surface area contributed by atoms with Crippen LogP contribution in [-0.4, -0.2) is 27.9 Å². The van der Waals surface area contributed by atoms with Gasteiger partial charge in [0.25, 0.3) is 0 Å². The van der Waals surface area contributed by atoms with Crippen molar-refractivity contribution in [3.63, 3.8) is 0 Å². The van der Waals surface area contributed by atoms with Gasteiger partial charge in [-0.25, -0.2) is 4.79 Å². The smallest absolute Gasteiger partial charge is 0.410 e. The van der Waals surface area contributed by atoms with Gasteiger partial charge in [-0.15, -0.1) is 0 Å². The van der Waals surface area contributed by atoms with E-state index in [1.807, 2.05) is 17.8 Å². The van der Waals surface area contributed by atoms with Crippen molar-refractivity contribution < 1.29 is 9.53 Å². The Kier molecular flexibility index (Phi) is 2.15. The third kappa shape index (κ3) is 1.25. The third-order valence-corrected chi connectivity index (χ3v) is 2.47. The minimum atomic E-state index is -0.274. The zero-order valence-electron chi connectivity index (χ0n) is 8.36. The molecule has 5 heteroatoms. The van der Waals surface area contributed by atoms with Gasteiger partial charge in [0.15, 0.2) is 0 Å². The number of carbonyl (C=O) groups excluding carboxylic acids is 1. The fraction of sp³-hybridized carbons (Fsp3) is 0.556. The molecule has 0 unspecified atom stereocenters. The molecule has 14 heavy (non-hydrogen) atoms. The molecule has 0 saturated carbocycles. The summed E-state index contributed by atoms with van der Waals surface area (Å²) in [4.78, 5) is 12.9. The molecule has 0 saturated heterocycles. The minimum absolute atomic E-state index is 0.274. The Balaban J connectivity index is 2.18. The molecular formula is C9H13N3O2. The molecule has 0 N–H and O–H groups in total. The number of amides is 1. The van der Waals surface area contributed by atoms with Crippen molar-refractivity contribution in [3.05, 3.63) is 17.5 Å². The lowest BCUT2D eigenvalue weighted by Gasteiger charge is -2.13. The van der Waals surface area contributed by atoms with Gasteiger partial charge in [-0.3, -0.25) is 9.58 Å². The predicted octanol–water partition coefficient (Wildman–Crippen LogP) is 0.985. The Morgan fingerprint density at radius 3 is 3.07 bits per heavy atom. The Morgan fingerprint density at radius 2 is 2.43 bits per heavy atom. The summed E-state index contributed by atoms with van der Waals surface area (Å²) in [7, 11) is 1.40. The van der Waals surface area contributed by atoms with Crippen molar-refractivity contribution in [2.45, 2.75) is 26.6 Å². The fourth-order valence-electron chi connectivity index (χ4n) is 1.74. The van der Waals surface area contributed by atoms with E-state index in [4.69, 9.17) is 0 Å². The number of aromatic nitrogens is 2. The molecule has 1 aliphatic rings. The van der Waals surface area contributed by atoms with Crippen LogP contribution in [-0.2, 0) is 24.4 Å². The summed E-state index contributed by atoms with van der Waals surface area (Å²) in [6.07, 6.45) is 1.55. The first-order valence-corrected chi connectivity index (χ1v) is 4.62.